The monoisotopic (exact) mass is 318 g/mol. The molecule has 2 aromatic rings. The van der Waals surface area contributed by atoms with Crippen LogP contribution in [-0.4, -0.2) is 30.8 Å². The molecule has 2 aromatic carbocycles. The second-order valence-corrected chi connectivity index (χ2v) is 5.24. The first-order valence-corrected chi connectivity index (χ1v) is 6.91. The number of benzene rings is 2. The van der Waals surface area contributed by atoms with Crippen LogP contribution < -0.4 is 5.32 Å². The Morgan fingerprint density at radius 3 is 2.04 bits per heavy atom. The molecule has 0 fully saturated rings. The van der Waals surface area contributed by atoms with E-state index in [-0.39, 0.29) is 18.0 Å². The lowest BCUT2D eigenvalue weighted by Crippen LogP contribution is -2.23. The lowest BCUT2D eigenvalue weighted by molar-refractivity contribution is 0.0827. The Kier molecular flexibility index (Phi) is 5.05. The van der Waals surface area contributed by atoms with Gasteiger partial charge in [0.05, 0.1) is 0 Å². The van der Waals surface area contributed by atoms with E-state index in [1.54, 1.807) is 38.4 Å². The van der Waals surface area contributed by atoms with Gasteiger partial charge in [0.15, 0.2) is 0 Å². The molecule has 2 rings (SSSR count). The summed E-state index contributed by atoms with van der Waals surface area (Å²) in [6.07, 6.45) is 0. The van der Waals surface area contributed by atoms with Gasteiger partial charge in [-0.1, -0.05) is 12.1 Å². The predicted molar refractivity (Wildman–Crippen MR) is 82.0 cm³/mol. The second-order valence-electron chi connectivity index (χ2n) is 5.24. The molecule has 0 radical (unpaired) electrons. The summed E-state index contributed by atoms with van der Waals surface area (Å²) in [6.45, 7) is 0.188. The van der Waals surface area contributed by atoms with Gasteiger partial charge in [0.25, 0.3) is 11.8 Å². The molecule has 0 aromatic heterocycles. The number of nitrogens with one attached hydrogen (secondary N) is 1. The molecular weight excluding hydrogens is 302 g/mol. The molecule has 0 atom stereocenters. The highest BCUT2D eigenvalue weighted by Crippen LogP contribution is 2.09. The van der Waals surface area contributed by atoms with Gasteiger partial charge in [-0.3, -0.25) is 9.59 Å². The Morgan fingerprint density at radius 1 is 0.957 bits per heavy atom. The van der Waals surface area contributed by atoms with Crippen molar-refractivity contribution in [2.75, 3.05) is 14.1 Å². The summed E-state index contributed by atoms with van der Waals surface area (Å²) in [6, 6.07) is 9.38. The van der Waals surface area contributed by atoms with Crippen molar-refractivity contribution in [1.82, 2.24) is 10.2 Å². The molecule has 0 saturated carbocycles. The minimum Gasteiger partial charge on any atom is -0.348 e. The van der Waals surface area contributed by atoms with Crippen molar-refractivity contribution in [3.63, 3.8) is 0 Å². The number of carbonyl (C=O) groups is 2. The fourth-order valence-electron chi connectivity index (χ4n) is 1.99. The summed E-state index contributed by atoms with van der Waals surface area (Å²) in [5, 5.41) is 2.57. The number of hydrogen-bond donors (Lipinski definition) is 1. The molecule has 0 heterocycles. The second kappa shape index (κ2) is 7.00. The van der Waals surface area contributed by atoms with E-state index in [0.29, 0.717) is 11.6 Å². The first-order chi connectivity index (χ1) is 10.9. The molecule has 2 amide bonds. The zero-order chi connectivity index (χ0) is 17.0. The number of hydrogen-bond acceptors (Lipinski definition) is 2. The fourth-order valence-corrected chi connectivity index (χ4v) is 1.99. The van der Waals surface area contributed by atoms with Crippen LogP contribution in [0.2, 0.25) is 0 Å². The molecule has 0 aliphatic heterocycles. The van der Waals surface area contributed by atoms with Crippen molar-refractivity contribution < 1.29 is 18.4 Å². The van der Waals surface area contributed by atoms with Crippen LogP contribution in [0.3, 0.4) is 0 Å². The van der Waals surface area contributed by atoms with Crippen LogP contribution >= 0.6 is 0 Å². The van der Waals surface area contributed by atoms with Crippen molar-refractivity contribution in [2.45, 2.75) is 6.54 Å². The van der Waals surface area contributed by atoms with E-state index in [9.17, 15) is 18.4 Å². The normalized spacial score (nSPS) is 10.3. The van der Waals surface area contributed by atoms with Crippen LogP contribution in [0.1, 0.15) is 26.3 Å². The van der Waals surface area contributed by atoms with Gasteiger partial charge in [-0.15, -0.1) is 0 Å². The standard InChI is InChI=1S/C17H16F2N2O2/c1-21(2)17(23)12-5-3-11(4-6-12)10-20-16(22)13-7-14(18)9-15(19)8-13/h3-9H,10H2,1-2H3,(H,20,22). The Hall–Kier alpha value is -2.76. The van der Waals surface area contributed by atoms with E-state index in [2.05, 4.69) is 5.32 Å². The molecule has 0 aliphatic carbocycles. The van der Waals surface area contributed by atoms with Gasteiger partial charge in [0.1, 0.15) is 11.6 Å². The third-order valence-corrected chi connectivity index (χ3v) is 3.18. The largest absolute Gasteiger partial charge is 0.348 e. The van der Waals surface area contributed by atoms with Crippen molar-refractivity contribution in [2.24, 2.45) is 0 Å². The first-order valence-electron chi connectivity index (χ1n) is 6.91. The number of halogens is 2. The minimum atomic E-state index is -0.804. The van der Waals surface area contributed by atoms with Crippen LogP contribution in [0.15, 0.2) is 42.5 Å². The fraction of sp³-hybridized carbons (Fsp3) is 0.176. The van der Waals surface area contributed by atoms with Gasteiger partial charge in [0.2, 0.25) is 0 Å². The lowest BCUT2D eigenvalue weighted by atomic mass is 10.1. The van der Waals surface area contributed by atoms with E-state index in [1.807, 2.05) is 0 Å². The van der Waals surface area contributed by atoms with Crippen molar-refractivity contribution in [3.05, 3.63) is 70.8 Å². The van der Waals surface area contributed by atoms with E-state index in [4.69, 9.17) is 0 Å². The SMILES string of the molecule is CN(C)C(=O)c1ccc(CNC(=O)c2cc(F)cc(F)c2)cc1. The maximum atomic E-state index is 13.1. The molecule has 0 saturated heterocycles. The number of carbonyl (C=O) groups excluding carboxylic acids is 2. The maximum Gasteiger partial charge on any atom is 0.253 e. The quantitative estimate of drug-likeness (QED) is 0.942. The van der Waals surface area contributed by atoms with Gasteiger partial charge in [-0.05, 0) is 29.8 Å². The van der Waals surface area contributed by atoms with E-state index in [1.165, 1.54) is 4.90 Å². The summed E-state index contributed by atoms with van der Waals surface area (Å²) >= 11 is 0. The van der Waals surface area contributed by atoms with Crippen LogP contribution in [0.4, 0.5) is 8.78 Å². The topological polar surface area (TPSA) is 49.4 Å². The van der Waals surface area contributed by atoms with Crippen LogP contribution in [0.25, 0.3) is 0 Å². The molecule has 23 heavy (non-hydrogen) atoms. The van der Waals surface area contributed by atoms with Crippen LogP contribution in [0, 0.1) is 11.6 Å². The van der Waals surface area contributed by atoms with Gasteiger partial charge in [-0.2, -0.15) is 0 Å². The Morgan fingerprint density at radius 2 is 1.52 bits per heavy atom. The number of rotatable bonds is 4. The van der Waals surface area contributed by atoms with Gasteiger partial charge in [0, 0.05) is 37.8 Å². The summed E-state index contributed by atoms with van der Waals surface area (Å²) in [4.78, 5) is 25.1. The molecule has 0 aliphatic rings. The molecule has 0 unspecified atom stereocenters. The first kappa shape index (κ1) is 16.6. The number of amides is 2. The van der Waals surface area contributed by atoms with Crippen molar-refractivity contribution in [1.29, 1.82) is 0 Å². The molecule has 0 spiro atoms. The molecule has 1 N–H and O–H groups in total. The summed E-state index contributed by atoms with van der Waals surface area (Å²) in [7, 11) is 3.32. The molecule has 6 heteroatoms. The highest BCUT2D eigenvalue weighted by atomic mass is 19.1. The van der Waals surface area contributed by atoms with E-state index in [0.717, 1.165) is 17.7 Å². The molecule has 4 nitrogen and oxygen atoms in total. The van der Waals surface area contributed by atoms with Crippen molar-refractivity contribution in [3.8, 4) is 0 Å². The Balaban J connectivity index is 2.00. The molecule has 120 valence electrons. The van der Waals surface area contributed by atoms with Gasteiger partial charge < -0.3 is 10.2 Å². The van der Waals surface area contributed by atoms with E-state index < -0.39 is 17.5 Å². The van der Waals surface area contributed by atoms with E-state index >= 15 is 0 Å². The van der Waals surface area contributed by atoms with Gasteiger partial charge >= 0.3 is 0 Å². The maximum absolute atomic E-state index is 13.1. The lowest BCUT2D eigenvalue weighted by Gasteiger charge is -2.11. The molecular formula is C17H16F2N2O2. The Labute approximate surface area is 132 Å². The summed E-state index contributed by atoms with van der Waals surface area (Å²) in [5.74, 6) is -2.30. The summed E-state index contributed by atoms with van der Waals surface area (Å²) < 4.78 is 26.2. The average Bonchev–Trinajstić information content (AvgIpc) is 2.51. The number of nitrogens with zero attached hydrogens (tertiary/aromatic N) is 1. The minimum absolute atomic E-state index is 0.0816. The molecule has 0 bridgehead atoms. The van der Waals surface area contributed by atoms with Gasteiger partial charge in [-0.25, -0.2) is 8.78 Å². The average molecular weight is 318 g/mol. The zero-order valence-corrected chi connectivity index (χ0v) is 12.8. The zero-order valence-electron chi connectivity index (χ0n) is 12.8. The van der Waals surface area contributed by atoms with Crippen LogP contribution in [-0.2, 0) is 6.54 Å². The van der Waals surface area contributed by atoms with Crippen molar-refractivity contribution >= 4 is 11.8 Å². The summed E-state index contributed by atoms with van der Waals surface area (Å²) in [5.41, 5.74) is 1.23. The predicted octanol–water partition coefficient (Wildman–Crippen LogP) is 2.60. The third-order valence-electron chi connectivity index (χ3n) is 3.18. The Bertz CT molecular complexity index is 708. The third kappa shape index (κ3) is 4.35. The highest BCUT2D eigenvalue weighted by Gasteiger charge is 2.10. The van der Waals surface area contributed by atoms with Crippen LogP contribution in [0.5, 0.6) is 0 Å². The smallest absolute Gasteiger partial charge is 0.253 e. The highest BCUT2D eigenvalue weighted by molar-refractivity contribution is 5.94.